The molecule has 10 heteroatoms. The van der Waals surface area contributed by atoms with Crippen LogP contribution in [0.3, 0.4) is 0 Å². The maximum atomic E-state index is 14.1. The van der Waals surface area contributed by atoms with Gasteiger partial charge in [0.05, 0.1) is 31.5 Å². The van der Waals surface area contributed by atoms with E-state index in [2.05, 4.69) is 15.4 Å². The first-order chi connectivity index (χ1) is 14.5. The Morgan fingerprint density at radius 2 is 2.20 bits per heavy atom. The van der Waals surface area contributed by atoms with Crippen LogP contribution in [0.4, 0.5) is 10.1 Å². The number of nitrogens with one attached hydrogen (secondary N) is 1. The summed E-state index contributed by atoms with van der Waals surface area (Å²) in [7, 11) is 1.51. The maximum Gasteiger partial charge on any atom is 0.346 e. The molecule has 1 N–H and O–H groups in total. The lowest BCUT2D eigenvalue weighted by atomic mass is 9.98. The molecule has 1 amide bonds. The first-order valence-corrected chi connectivity index (χ1v) is 9.77. The van der Waals surface area contributed by atoms with Crippen LogP contribution in [0.25, 0.3) is 0 Å². The molecule has 30 heavy (non-hydrogen) atoms. The van der Waals surface area contributed by atoms with Crippen molar-refractivity contribution in [2.75, 3.05) is 12.4 Å². The Bertz CT molecular complexity index is 1120. The van der Waals surface area contributed by atoms with E-state index in [0.717, 1.165) is 4.68 Å². The van der Waals surface area contributed by atoms with Crippen LogP contribution in [-0.2, 0) is 17.9 Å². The molecule has 3 aromatic rings. The van der Waals surface area contributed by atoms with Gasteiger partial charge in [-0.1, -0.05) is 17.7 Å². The first kappa shape index (κ1) is 20.1. The van der Waals surface area contributed by atoms with Crippen molar-refractivity contribution in [3.05, 3.63) is 69.2 Å². The van der Waals surface area contributed by atoms with E-state index in [0.29, 0.717) is 36.8 Å². The highest BCUT2D eigenvalue weighted by Crippen LogP contribution is 2.27. The lowest BCUT2D eigenvalue weighted by Crippen LogP contribution is -2.32. The highest BCUT2D eigenvalue weighted by molar-refractivity contribution is 6.31. The van der Waals surface area contributed by atoms with Gasteiger partial charge in [0.1, 0.15) is 11.6 Å². The zero-order valence-corrected chi connectivity index (χ0v) is 16.9. The fourth-order valence-electron chi connectivity index (χ4n) is 3.50. The minimum atomic E-state index is -0.606. The SMILES string of the molecule is COc1ccc(NC(=O)C2CCCn3c2nn(Cc2c(F)cccc2Cl)c3=O)cn1. The second-order valence-corrected chi connectivity index (χ2v) is 7.33. The number of hydrogen-bond donors (Lipinski definition) is 1. The Hall–Kier alpha value is -3.20. The summed E-state index contributed by atoms with van der Waals surface area (Å²) in [6, 6.07) is 7.65. The highest BCUT2D eigenvalue weighted by Gasteiger charge is 2.31. The van der Waals surface area contributed by atoms with Crippen molar-refractivity contribution in [3.8, 4) is 5.88 Å². The van der Waals surface area contributed by atoms with Crippen LogP contribution in [0.2, 0.25) is 5.02 Å². The number of rotatable bonds is 5. The largest absolute Gasteiger partial charge is 0.481 e. The molecule has 0 spiro atoms. The molecule has 0 radical (unpaired) electrons. The zero-order valence-electron chi connectivity index (χ0n) is 16.1. The molecular weight excluding hydrogens is 413 g/mol. The van der Waals surface area contributed by atoms with Crippen molar-refractivity contribution in [3.63, 3.8) is 0 Å². The Morgan fingerprint density at radius 1 is 1.37 bits per heavy atom. The van der Waals surface area contributed by atoms with Crippen LogP contribution in [-0.4, -0.2) is 32.3 Å². The van der Waals surface area contributed by atoms with Crippen LogP contribution in [0.15, 0.2) is 41.3 Å². The third-order valence-corrected chi connectivity index (χ3v) is 5.39. The Balaban J connectivity index is 1.60. The van der Waals surface area contributed by atoms with Gasteiger partial charge >= 0.3 is 5.69 Å². The molecule has 0 bridgehead atoms. The molecule has 3 heterocycles. The third kappa shape index (κ3) is 3.80. The fourth-order valence-corrected chi connectivity index (χ4v) is 3.72. The molecule has 1 aliphatic rings. The topological polar surface area (TPSA) is 91.0 Å². The predicted octanol–water partition coefficient (Wildman–Crippen LogP) is 2.81. The number of methoxy groups -OCH3 is 1. The molecule has 1 aromatic carbocycles. The van der Waals surface area contributed by atoms with Crippen molar-refractivity contribution < 1.29 is 13.9 Å². The van der Waals surface area contributed by atoms with Crippen molar-refractivity contribution in [2.24, 2.45) is 0 Å². The van der Waals surface area contributed by atoms with E-state index in [1.165, 1.54) is 30.0 Å². The molecule has 0 saturated carbocycles. The van der Waals surface area contributed by atoms with E-state index < -0.39 is 17.4 Å². The van der Waals surface area contributed by atoms with Crippen LogP contribution >= 0.6 is 11.6 Å². The number of amides is 1. The van der Waals surface area contributed by atoms with Gasteiger partial charge in [-0.05, 0) is 31.0 Å². The Labute approximate surface area is 176 Å². The quantitative estimate of drug-likeness (QED) is 0.670. The number of benzene rings is 1. The average Bonchev–Trinajstić information content (AvgIpc) is 3.07. The van der Waals surface area contributed by atoms with Crippen LogP contribution in [0, 0.1) is 5.82 Å². The normalized spacial score (nSPS) is 15.5. The third-order valence-electron chi connectivity index (χ3n) is 5.04. The molecule has 1 aliphatic heterocycles. The van der Waals surface area contributed by atoms with Gasteiger partial charge < -0.3 is 10.1 Å². The van der Waals surface area contributed by atoms with E-state index in [9.17, 15) is 14.0 Å². The monoisotopic (exact) mass is 431 g/mol. The van der Waals surface area contributed by atoms with Gasteiger partial charge in [-0.3, -0.25) is 9.36 Å². The van der Waals surface area contributed by atoms with Crippen LogP contribution < -0.4 is 15.7 Å². The van der Waals surface area contributed by atoms with E-state index in [4.69, 9.17) is 16.3 Å². The van der Waals surface area contributed by atoms with Gasteiger partial charge in [-0.2, -0.15) is 5.10 Å². The lowest BCUT2D eigenvalue weighted by molar-refractivity contribution is -0.118. The van der Waals surface area contributed by atoms with Gasteiger partial charge in [0.2, 0.25) is 11.8 Å². The number of carbonyl (C=O) groups is 1. The number of aromatic nitrogens is 4. The molecule has 0 saturated heterocycles. The van der Waals surface area contributed by atoms with Gasteiger partial charge in [-0.15, -0.1) is 0 Å². The summed E-state index contributed by atoms with van der Waals surface area (Å²) in [4.78, 5) is 29.7. The molecule has 0 aliphatic carbocycles. The second-order valence-electron chi connectivity index (χ2n) is 6.92. The molecule has 2 aromatic heterocycles. The minimum Gasteiger partial charge on any atom is -0.481 e. The average molecular weight is 432 g/mol. The van der Waals surface area contributed by atoms with Gasteiger partial charge in [0.15, 0.2) is 0 Å². The van der Waals surface area contributed by atoms with Gasteiger partial charge in [-0.25, -0.2) is 18.9 Å². The number of nitrogens with zero attached hydrogens (tertiary/aromatic N) is 4. The molecule has 1 atom stereocenters. The fraction of sp³-hybridized carbons (Fsp3) is 0.300. The summed E-state index contributed by atoms with van der Waals surface area (Å²) >= 11 is 6.08. The van der Waals surface area contributed by atoms with Crippen LogP contribution in [0.1, 0.15) is 30.1 Å². The number of halogens is 2. The summed E-state index contributed by atoms with van der Waals surface area (Å²) in [5.41, 5.74) is 0.299. The van der Waals surface area contributed by atoms with E-state index in [1.807, 2.05) is 0 Å². The molecule has 156 valence electrons. The van der Waals surface area contributed by atoms with E-state index >= 15 is 0 Å². The second kappa shape index (κ2) is 8.27. The van der Waals surface area contributed by atoms with Crippen LogP contribution in [0.5, 0.6) is 5.88 Å². The summed E-state index contributed by atoms with van der Waals surface area (Å²) in [6.07, 6.45) is 2.69. The molecule has 0 fully saturated rings. The Kier molecular flexibility index (Phi) is 5.54. The lowest BCUT2D eigenvalue weighted by Gasteiger charge is -2.21. The molecule has 4 rings (SSSR count). The van der Waals surface area contributed by atoms with E-state index in [-0.39, 0.29) is 23.0 Å². The van der Waals surface area contributed by atoms with Crippen molar-refractivity contribution in [2.45, 2.75) is 31.8 Å². The Morgan fingerprint density at radius 3 is 2.90 bits per heavy atom. The first-order valence-electron chi connectivity index (χ1n) is 9.39. The van der Waals surface area contributed by atoms with Crippen molar-refractivity contribution in [1.82, 2.24) is 19.3 Å². The number of fused-ring (bicyclic) bond motifs is 1. The summed E-state index contributed by atoms with van der Waals surface area (Å²) in [5.74, 6) is -0.612. The van der Waals surface area contributed by atoms with Crippen molar-refractivity contribution >= 4 is 23.2 Å². The number of carbonyl (C=O) groups excluding carboxylic acids is 1. The number of anilines is 1. The molecule has 8 nitrogen and oxygen atoms in total. The molecular formula is C20H19ClFN5O3. The van der Waals surface area contributed by atoms with Gasteiger partial charge in [0, 0.05) is 23.2 Å². The van der Waals surface area contributed by atoms with E-state index in [1.54, 1.807) is 18.2 Å². The predicted molar refractivity (Wildman–Crippen MR) is 108 cm³/mol. The summed E-state index contributed by atoms with van der Waals surface area (Å²) in [5, 5.41) is 7.36. The van der Waals surface area contributed by atoms with Gasteiger partial charge in [0.25, 0.3) is 0 Å². The summed E-state index contributed by atoms with van der Waals surface area (Å²) < 4.78 is 21.8. The number of ether oxygens (including phenoxy) is 1. The number of pyridine rings is 1. The standard InChI is InChI=1S/C20H19ClFN5O3/c1-30-17-8-7-12(10-23-17)24-19(28)13-4-3-9-26-18(13)25-27(20(26)29)11-14-15(21)5-2-6-16(14)22/h2,5-8,10,13H,3-4,9,11H2,1H3,(H,24,28). The maximum absolute atomic E-state index is 14.1. The zero-order chi connectivity index (χ0) is 21.3. The smallest absolute Gasteiger partial charge is 0.346 e. The van der Waals surface area contributed by atoms with Crippen molar-refractivity contribution in [1.29, 1.82) is 0 Å². The highest BCUT2D eigenvalue weighted by atomic mass is 35.5. The minimum absolute atomic E-state index is 0.110. The molecule has 1 unspecified atom stereocenters. The summed E-state index contributed by atoms with van der Waals surface area (Å²) in [6.45, 7) is 0.341. The number of hydrogen-bond acceptors (Lipinski definition) is 5.